The van der Waals surface area contributed by atoms with Gasteiger partial charge in [-0.1, -0.05) is 25.0 Å². The molecule has 1 aliphatic rings. The minimum absolute atomic E-state index is 0.136. The summed E-state index contributed by atoms with van der Waals surface area (Å²) in [7, 11) is 0. The molecule has 4 nitrogen and oxygen atoms in total. The van der Waals surface area contributed by atoms with Gasteiger partial charge in [-0.15, -0.1) is 13.2 Å². The third-order valence-corrected chi connectivity index (χ3v) is 3.45. The van der Waals surface area contributed by atoms with Gasteiger partial charge in [-0.25, -0.2) is 0 Å². The highest BCUT2D eigenvalue weighted by Gasteiger charge is 2.31. The van der Waals surface area contributed by atoms with Crippen molar-refractivity contribution in [1.29, 1.82) is 0 Å². The van der Waals surface area contributed by atoms with Crippen LogP contribution in [-0.4, -0.2) is 23.5 Å². The van der Waals surface area contributed by atoms with E-state index in [1.807, 2.05) is 0 Å². The van der Waals surface area contributed by atoms with E-state index in [1.54, 1.807) is 0 Å². The van der Waals surface area contributed by atoms with E-state index in [9.17, 15) is 23.1 Å². The molecule has 1 aromatic carbocycles. The summed E-state index contributed by atoms with van der Waals surface area (Å²) in [5.41, 5.74) is 0.406. The van der Waals surface area contributed by atoms with E-state index in [2.05, 4.69) is 10.1 Å². The van der Waals surface area contributed by atoms with Crippen LogP contribution in [0.25, 0.3) is 0 Å². The van der Waals surface area contributed by atoms with Gasteiger partial charge >= 0.3 is 12.3 Å². The number of hydrogen-bond donors (Lipinski definition) is 2. The Labute approximate surface area is 119 Å². The molecule has 1 atom stereocenters. The first-order valence-electron chi connectivity index (χ1n) is 6.70. The second-order valence-corrected chi connectivity index (χ2v) is 5.04. The van der Waals surface area contributed by atoms with Gasteiger partial charge in [-0.05, 0) is 30.5 Å². The fourth-order valence-electron chi connectivity index (χ4n) is 2.50. The number of ether oxygens (including phenoxy) is 1. The highest BCUT2D eigenvalue weighted by molar-refractivity contribution is 5.75. The van der Waals surface area contributed by atoms with Crippen LogP contribution in [0.2, 0.25) is 0 Å². The first-order chi connectivity index (χ1) is 9.85. The van der Waals surface area contributed by atoms with Crippen molar-refractivity contribution in [2.45, 2.75) is 44.1 Å². The second-order valence-electron chi connectivity index (χ2n) is 5.04. The lowest BCUT2D eigenvalue weighted by Gasteiger charge is -2.20. The average Bonchev–Trinajstić information content (AvgIpc) is 2.88. The number of benzene rings is 1. The molecular weight excluding hydrogens is 287 g/mol. The minimum atomic E-state index is -4.75. The van der Waals surface area contributed by atoms with Gasteiger partial charge in [0.25, 0.3) is 0 Å². The van der Waals surface area contributed by atoms with Crippen molar-refractivity contribution < 1.29 is 27.8 Å². The third kappa shape index (κ3) is 4.63. The van der Waals surface area contributed by atoms with Crippen LogP contribution in [0, 0.1) is 0 Å². The molecule has 0 amide bonds. The zero-order valence-electron chi connectivity index (χ0n) is 11.2. The fraction of sp³-hybridized carbons (Fsp3) is 0.500. The molecule has 0 saturated heterocycles. The summed E-state index contributed by atoms with van der Waals surface area (Å²) in [6, 6.07) is 4.12. The number of aliphatic carboxylic acids is 1. The van der Waals surface area contributed by atoms with E-state index < -0.39 is 18.4 Å². The Balaban J connectivity index is 2.07. The SMILES string of the molecule is O=C(O)C(NC1CCCC1)c1ccc(OC(F)(F)F)cc1. The van der Waals surface area contributed by atoms with Gasteiger partial charge in [-0.3, -0.25) is 10.1 Å². The molecule has 2 N–H and O–H groups in total. The number of carboxylic acids is 1. The Morgan fingerprint density at radius 2 is 1.81 bits per heavy atom. The van der Waals surface area contributed by atoms with Gasteiger partial charge in [0.2, 0.25) is 0 Å². The normalized spacial score (nSPS) is 17.7. The van der Waals surface area contributed by atoms with Crippen LogP contribution in [0.1, 0.15) is 37.3 Å². The molecule has 1 fully saturated rings. The standard InChI is InChI=1S/C14H16F3NO3/c15-14(16,17)21-11-7-5-9(6-8-11)12(13(19)20)18-10-3-1-2-4-10/h5-8,10,12,18H,1-4H2,(H,19,20). The van der Waals surface area contributed by atoms with E-state index in [-0.39, 0.29) is 11.8 Å². The maximum atomic E-state index is 12.1. The predicted molar refractivity (Wildman–Crippen MR) is 68.9 cm³/mol. The molecular formula is C14H16F3NO3. The third-order valence-electron chi connectivity index (χ3n) is 3.45. The zero-order valence-corrected chi connectivity index (χ0v) is 11.2. The summed E-state index contributed by atoms with van der Waals surface area (Å²) < 4.78 is 40.0. The van der Waals surface area contributed by atoms with Crippen LogP contribution in [0.5, 0.6) is 5.75 Å². The number of nitrogens with one attached hydrogen (secondary N) is 1. The molecule has 0 aliphatic heterocycles. The maximum Gasteiger partial charge on any atom is 0.573 e. The van der Waals surface area contributed by atoms with Crippen molar-refractivity contribution in [1.82, 2.24) is 5.32 Å². The Morgan fingerprint density at radius 1 is 1.24 bits per heavy atom. The van der Waals surface area contributed by atoms with Gasteiger partial charge in [0.05, 0.1) is 0 Å². The van der Waals surface area contributed by atoms with Crippen molar-refractivity contribution in [2.24, 2.45) is 0 Å². The molecule has 2 rings (SSSR count). The first kappa shape index (κ1) is 15.6. The highest BCUT2D eigenvalue weighted by Crippen LogP contribution is 2.26. The number of hydrogen-bond acceptors (Lipinski definition) is 3. The van der Waals surface area contributed by atoms with Crippen LogP contribution in [0.15, 0.2) is 24.3 Å². The maximum absolute atomic E-state index is 12.1. The molecule has 21 heavy (non-hydrogen) atoms. The van der Waals surface area contributed by atoms with Gasteiger partial charge in [-0.2, -0.15) is 0 Å². The summed E-state index contributed by atoms with van der Waals surface area (Å²) in [6.07, 6.45) is -0.807. The molecule has 1 aromatic rings. The largest absolute Gasteiger partial charge is 0.573 e. The second kappa shape index (κ2) is 6.34. The summed E-state index contributed by atoms with van der Waals surface area (Å²) in [6.45, 7) is 0. The molecule has 1 unspecified atom stereocenters. The number of carboxylic acid groups (broad SMARTS) is 1. The van der Waals surface area contributed by atoms with Crippen LogP contribution >= 0.6 is 0 Å². The molecule has 0 radical (unpaired) electrons. The zero-order chi connectivity index (χ0) is 15.5. The lowest BCUT2D eigenvalue weighted by atomic mass is 10.1. The van der Waals surface area contributed by atoms with Crippen molar-refractivity contribution in [2.75, 3.05) is 0 Å². The summed E-state index contributed by atoms with van der Waals surface area (Å²) in [4.78, 5) is 11.3. The lowest BCUT2D eigenvalue weighted by molar-refractivity contribution is -0.274. The number of alkyl halides is 3. The Hall–Kier alpha value is -1.76. The summed E-state index contributed by atoms with van der Waals surface area (Å²) in [5, 5.41) is 12.3. The summed E-state index contributed by atoms with van der Waals surface area (Å²) in [5.74, 6) is -1.41. The fourth-order valence-corrected chi connectivity index (χ4v) is 2.50. The Morgan fingerprint density at radius 3 is 2.29 bits per heavy atom. The number of carbonyl (C=O) groups is 1. The topological polar surface area (TPSA) is 58.6 Å². The van der Waals surface area contributed by atoms with Crippen molar-refractivity contribution in [3.63, 3.8) is 0 Å². The van der Waals surface area contributed by atoms with Gasteiger partial charge in [0, 0.05) is 6.04 Å². The highest BCUT2D eigenvalue weighted by atomic mass is 19.4. The van der Waals surface area contributed by atoms with Crippen LogP contribution in [0.4, 0.5) is 13.2 Å². The quantitative estimate of drug-likeness (QED) is 0.876. The Kier molecular flexibility index (Phi) is 4.72. The van der Waals surface area contributed by atoms with Gasteiger partial charge in [0.15, 0.2) is 0 Å². The summed E-state index contributed by atoms with van der Waals surface area (Å²) >= 11 is 0. The number of rotatable bonds is 5. The van der Waals surface area contributed by atoms with Crippen LogP contribution in [-0.2, 0) is 4.79 Å². The van der Waals surface area contributed by atoms with E-state index >= 15 is 0 Å². The monoisotopic (exact) mass is 303 g/mol. The van der Waals surface area contributed by atoms with Gasteiger partial charge < -0.3 is 9.84 Å². The van der Waals surface area contributed by atoms with Crippen LogP contribution in [0.3, 0.4) is 0 Å². The number of halogens is 3. The van der Waals surface area contributed by atoms with E-state index in [1.165, 1.54) is 12.1 Å². The van der Waals surface area contributed by atoms with E-state index in [0.29, 0.717) is 5.56 Å². The van der Waals surface area contributed by atoms with E-state index in [4.69, 9.17) is 0 Å². The Bertz CT molecular complexity index is 481. The lowest BCUT2D eigenvalue weighted by Crippen LogP contribution is -2.35. The molecule has 116 valence electrons. The average molecular weight is 303 g/mol. The first-order valence-corrected chi connectivity index (χ1v) is 6.70. The smallest absolute Gasteiger partial charge is 0.480 e. The molecule has 0 heterocycles. The minimum Gasteiger partial charge on any atom is -0.480 e. The van der Waals surface area contributed by atoms with Crippen molar-refractivity contribution in [3.05, 3.63) is 29.8 Å². The molecule has 0 aromatic heterocycles. The van der Waals surface area contributed by atoms with Gasteiger partial charge in [0.1, 0.15) is 11.8 Å². The van der Waals surface area contributed by atoms with E-state index in [0.717, 1.165) is 37.8 Å². The molecule has 1 aliphatic carbocycles. The molecule has 0 spiro atoms. The van der Waals surface area contributed by atoms with Crippen LogP contribution < -0.4 is 10.1 Å². The molecule has 7 heteroatoms. The molecule has 0 bridgehead atoms. The predicted octanol–water partition coefficient (Wildman–Crippen LogP) is 3.24. The van der Waals surface area contributed by atoms with Crippen molar-refractivity contribution in [3.8, 4) is 5.75 Å². The van der Waals surface area contributed by atoms with Crippen molar-refractivity contribution >= 4 is 5.97 Å². The molecule has 1 saturated carbocycles.